The Morgan fingerprint density at radius 1 is 0.300 bits per heavy atom. The second kappa shape index (κ2) is 11.5. The summed E-state index contributed by atoms with van der Waals surface area (Å²) in [6, 6.07) is 59.6. The molecule has 2 heteroatoms. The molecule has 0 atom stereocenters. The van der Waals surface area contributed by atoms with Crippen molar-refractivity contribution in [3.05, 3.63) is 182 Å². The third-order valence-electron chi connectivity index (χ3n) is 10.2. The molecule has 0 saturated heterocycles. The number of pyridine rings is 2. The van der Waals surface area contributed by atoms with E-state index < -0.39 is 0 Å². The third kappa shape index (κ3) is 4.50. The summed E-state index contributed by atoms with van der Waals surface area (Å²) in [6.07, 6.45) is 5.59. The first-order valence-corrected chi connectivity index (χ1v) is 17.1. The van der Waals surface area contributed by atoms with E-state index >= 15 is 0 Å². The number of hydrogen-bond acceptors (Lipinski definition) is 2. The van der Waals surface area contributed by atoms with Crippen molar-refractivity contribution in [1.29, 1.82) is 0 Å². The topological polar surface area (TPSA) is 25.8 Å². The van der Waals surface area contributed by atoms with E-state index in [1.165, 1.54) is 76.1 Å². The maximum absolute atomic E-state index is 4.90. The summed E-state index contributed by atoms with van der Waals surface area (Å²) in [5, 5.41) is 12.4. The highest BCUT2D eigenvalue weighted by atomic mass is 14.7. The Balaban J connectivity index is 1.35. The van der Waals surface area contributed by atoms with Gasteiger partial charge in [-0.3, -0.25) is 9.97 Å². The normalized spacial score (nSPS) is 11.6. The summed E-state index contributed by atoms with van der Waals surface area (Å²) < 4.78 is 0. The molecule has 2 heterocycles. The summed E-state index contributed by atoms with van der Waals surface area (Å²) in [4.78, 5) is 9.12. The van der Waals surface area contributed by atoms with Crippen LogP contribution < -0.4 is 0 Å². The van der Waals surface area contributed by atoms with Crippen molar-refractivity contribution >= 4 is 53.9 Å². The maximum Gasteiger partial charge on any atom is 0.0708 e. The van der Waals surface area contributed by atoms with Crippen molar-refractivity contribution in [3.8, 4) is 44.6 Å². The highest BCUT2D eigenvalue weighted by Crippen LogP contribution is 2.48. The zero-order valence-electron chi connectivity index (χ0n) is 27.2. The molecule has 2 aromatic heterocycles. The molecule has 0 radical (unpaired) electrons. The van der Waals surface area contributed by atoms with Crippen LogP contribution >= 0.6 is 0 Å². The first kappa shape index (κ1) is 28.4. The maximum atomic E-state index is 4.90. The predicted molar refractivity (Wildman–Crippen MR) is 211 cm³/mol. The monoisotopic (exact) mass is 634 g/mol. The fraction of sp³-hybridized carbons (Fsp3) is 0. The Kier molecular flexibility index (Phi) is 6.53. The standard InChI is InChI=1S/C48H30N2/c1-3-13-36-32(10-1)12-9-19-40(36)47-41-17-7-8-18-42(41)48(44-28-34-11-2-4-14-37(34)38-15-5-6-16-39(38)44)43-21-20-35(29-45(43)47)46-30-33(24-27-50-46)31-22-25-49-26-23-31/h1-30H. The van der Waals surface area contributed by atoms with Gasteiger partial charge in [-0.05, 0) is 124 Å². The molecule has 0 aliphatic carbocycles. The lowest BCUT2D eigenvalue weighted by Crippen LogP contribution is -1.94. The molecule has 10 aromatic rings. The van der Waals surface area contributed by atoms with Crippen LogP contribution in [0, 0.1) is 0 Å². The van der Waals surface area contributed by atoms with Gasteiger partial charge in [0.05, 0.1) is 5.69 Å². The Hall–Kier alpha value is -6.64. The Morgan fingerprint density at radius 2 is 0.900 bits per heavy atom. The van der Waals surface area contributed by atoms with Crippen LogP contribution in [0.3, 0.4) is 0 Å². The molecular formula is C48H30N2. The van der Waals surface area contributed by atoms with E-state index in [4.69, 9.17) is 4.98 Å². The fourth-order valence-electron chi connectivity index (χ4n) is 7.93. The van der Waals surface area contributed by atoms with Crippen molar-refractivity contribution < 1.29 is 0 Å². The molecular weight excluding hydrogens is 605 g/mol. The predicted octanol–water partition coefficient (Wildman–Crippen LogP) is 12.9. The molecule has 10 rings (SSSR count). The van der Waals surface area contributed by atoms with E-state index in [2.05, 4.69) is 157 Å². The van der Waals surface area contributed by atoms with Crippen LogP contribution in [0.4, 0.5) is 0 Å². The van der Waals surface area contributed by atoms with Gasteiger partial charge in [-0.1, -0.05) is 127 Å². The van der Waals surface area contributed by atoms with Crippen molar-refractivity contribution in [2.24, 2.45) is 0 Å². The lowest BCUT2D eigenvalue weighted by atomic mass is 9.82. The Bertz CT molecular complexity index is 2920. The van der Waals surface area contributed by atoms with Gasteiger partial charge in [0.25, 0.3) is 0 Å². The molecule has 0 unspecified atom stereocenters. The summed E-state index contributed by atoms with van der Waals surface area (Å²) in [5.74, 6) is 0. The summed E-state index contributed by atoms with van der Waals surface area (Å²) in [6.45, 7) is 0. The van der Waals surface area contributed by atoms with Crippen molar-refractivity contribution in [2.45, 2.75) is 0 Å². The molecule has 0 fully saturated rings. The minimum Gasteiger partial charge on any atom is -0.265 e. The molecule has 232 valence electrons. The molecule has 8 aromatic carbocycles. The fourth-order valence-corrected chi connectivity index (χ4v) is 7.93. The van der Waals surface area contributed by atoms with Crippen LogP contribution in [0.2, 0.25) is 0 Å². The van der Waals surface area contributed by atoms with Crippen LogP contribution in [-0.2, 0) is 0 Å². The van der Waals surface area contributed by atoms with Gasteiger partial charge in [0.15, 0.2) is 0 Å². The Morgan fingerprint density at radius 3 is 1.70 bits per heavy atom. The number of rotatable bonds is 4. The van der Waals surface area contributed by atoms with E-state index in [0.29, 0.717) is 0 Å². The smallest absolute Gasteiger partial charge is 0.0708 e. The summed E-state index contributed by atoms with van der Waals surface area (Å²) in [5.41, 5.74) is 9.24. The molecule has 0 saturated carbocycles. The van der Waals surface area contributed by atoms with Crippen LogP contribution in [0.25, 0.3) is 98.5 Å². The van der Waals surface area contributed by atoms with E-state index in [0.717, 1.165) is 22.4 Å². The van der Waals surface area contributed by atoms with Crippen LogP contribution in [0.5, 0.6) is 0 Å². The lowest BCUT2D eigenvalue weighted by Gasteiger charge is -2.21. The van der Waals surface area contributed by atoms with Crippen LogP contribution in [0.1, 0.15) is 0 Å². The lowest BCUT2D eigenvalue weighted by molar-refractivity contribution is 1.31. The van der Waals surface area contributed by atoms with Crippen molar-refractivity contribution in [1.82, 2.24) is 9.97 Å². The second-order valence-corrected chi connectivity index (χ2v) is 12.9. The highest BCUT2D eigenvalue weighted by Gasteiger charge is 2.21. The van der Waals surface area contributed by atoms with E-state index in [-0.39, 0.29) is 0 Å². The van der Waals surface area contributed by atoms with Crippen molar-refractivity contribution in [2.75, 3.05) is 0 Å². The average molecular weight is 635 g/mol. The van der Waals surface area contributed by atoms with Gasteiger partial charge in [0, 0.05) is 24.2 Å². The Labute approximate surface area is 290 Å². The zero-order chi connectivity index (χ0) is 33.0. The molecule has 0 amide bonds. The first-order chi connectivity index (χ1) is 24.8. The van der Waals surface area contributed by atoms with Gasteiger partial charge in [0.2, 0.25) is 0 Å². The number of hydrogen-bond donors (Lipinski definition) is 0. The summed E-state index contributed by atoms with van der Waals surface area (Å²) >= 11 is 0. The van der Waals surface area contributed by atoms with Gasteiger partial charge in [-0.15, -0.1) is 0 Å². The molecule has 2 nitrogen and oxygen atoms in total. The number of nitrogens with zero attached hydrogens (tertiary/aromatic N) is 2. The minimum absolute atomic E-state index is 0.941. The average Bonchev–Trinajstić information content (AvgIpc) is 3.20. The van der Waals surface area contributed by atoms with E-state index in [1.54, 1.807) is 0 Å². The molecule has 50 heavy (non-hydrogen) atoms. The number of aromatic nitrogens is 2. The molecule has 0 N–H and O–H groups in total. The number of fused-ring (bicyclic) bond motifs is 6. The van der Waals surface area contributed by atoms with Gasteiger partial charge in [-0.25, -0.2) is 0 Å². The minimum atomic E-state index is 0.941. The first-order valence-electron chi connectivity index (χ1n) is 17.1. The molecule has 0 aliphatic rings. The van der Waals surface area contributed by atoms with Crippen LogP contribution in [-0.4, -0.2) is 9.97 Å². The van der Waals surface area contributed by atoms with Crippen molar-refractivity contribution in [3.63, 3.8) is 0 Å². The highest BCUT2D eigenvalue weighted by molar-refractivity contribution is 6.27. The molecule has 0 aliphatic heterocycles. The number of benzene rings is 8. The van der Waals surface area contributed by atoms with Crippen LogP contribution in [0.15, 0.2) is 182 Å². The van der Waals surface area contributed by atoms with E-state index in [1.807, 2.05) is 30.7 Å². The van der Waals surface area contributed by atoms with Gasteiger partial charge < -0.3 is 0 Å². The molecule has 0 bridgehead atoms. The molecule has 0 spiro atoms. The van der Waals surface area contributed by atoms with Gasteiger partial charge >= 0.3 is 0 Å². The van der Waals surface area contributed by atoms with Gasteiger partial charge in [0.1, 0.15) is 0 Å². The second-order valence-electron chi connectivity index (χ2n) is 12.9. The largest absolute Gasteiger partial charge is 0.265 e. The SMILES string of the molecule is c1ccc2c(-c3c4ccccc4c(-c4cc5ccccc5c5ccccc45)c4ccc(-c5cc(-c6ccncc6)ccn5)cc34)cccc2c1. The third-order valence-corrected chi connectivity index (χ3v) is 10.2. The quantitative estimate of drug-likeness (QED) is 0.142. The summed E-state index contributed by atoms with van der Waals surface area (Å²) in [7, 11) is 0. The van der Waals surface area contributed by atoms with E-state index in [9.17, 15) is 0 Å². The van der Waals surface area contributed by atoms with Gasteiger partial charge in [-0.2, -0.15) is 0 Å². The zero-order valence-corrected chi connectivity index (χ0v) is 27.2.